The summed E-state index contributed by atoms with van der Waals surface area (Å²) in [7, 11) is -1.03. The average molecular weight is 407 g/mol. The van der Waals surface area contributed by atoms with Crippen LogP contribution in [0.5, 0.6) is 11.5 Å². The van der Waals surface area contributed by atoms with Crippen LogP contribution >= 0.6 is 0 Å². The zero-order valence-corrected chi connectivity index (χ0v) is 17.2. The number of ether oxygens (including phenoxy) is 3. The molecule has 28 heavy (non-hydrogen) atoms. The van der Waals surface area contributed by atoms with Gasteiger partial charge in [-0.15, -0.1) is 0 Å². The molecule has 152 valence electrons. The lowest BCUT2D eigenvalue weighted by Gasteiger charge is -2.19. The summed E-state index contributed by atoms with van der Waals surface area (Å²) in [6, 6.07) is 10.8. The van der Waals surface area contributed by atoms with E-state index in [0.29, 0.717) is 17.1 Å². The Labute approximate surface area is 165 Å². The van der Waals surface area contributed by atoms with Gasteiger partial charge in [-0.25, -0.2) is 13.1 Å². The molecule has 0 aliphatic heterocycles. The van der Waals surface area contributed by atoms with Gasteiger partial charge < -0.3 is 14.2 Å². The van der Waals surface area contributed by atoms with E-state index in [2.05, 4.69) is 4.72 Å². The monoisotopic (exact) mass is 407 g/mol. The molecular formula is C20H25NO6S. The highest BCUT2D eigenvalue weighted by molar-refractivity contribution is 7.89. The number of esters is 1. The molecule has 1 unspecified atom stereocenters. The summed E-state index contributed by atoms with van der Waals surface area (Å²) in [5, 5.41) is 0. The van der Waals surface area contributed by atoms with Gasteiger partial charge in [0.1, 0.15) is 0 Å². The molecule has 7 nitrogen and oxygen atoms in total. The molecule has 0 radical (unpaired) electrons. The smallest absolute Gasteiger partial charge is 0.307 e. The number of hydrogen-bond acceptors (Lipinski definition) is 6. The van der Waals surface area contributed by atoms with Crippen molar-refractivity contribution in [2.75, 3.05) is 20.8 Å². The van der Waals surface area contributed by atoms with E-state index in [0.717, 1.165) is 5.56 Å². The molecule has 0 heterocycles. The number of benzene rings is 2. The van der Waals surface area contributed by atoms with E-state index < -0.39 is 22.0 Å². The van der Waals surface area contributed by atoms with E-state index in [9.17, 15) is 13.2 Å². The van der Waals surface area contributed by atoms with Crippen LogP contribution in [-0.4, -0.2) is 35.2 Å². The summed E-state index contributed by atoms with van der Waals surface area (Å²) >= 11 is 0. The Hall–Kier alpha value is -2.58. The third-order valence-corrected chi connectivity index (χ3v) is 5.59. The van der Waals surface area contributed by atoms with Gasteiger partial charge in [0.05, 0.1) is 38.2 Å². The maximum absolute atomic E-state index is 12.9. The standard InChI is InChI=1S/C20H25NO6S/c1-5-27-20(22)13-17(15-8-6-14(2)7-9-15)21-28(23,24)16-10-11-18(25-3)19(12-16)26-4/h6-12,17,21H,5,13H2,1-4H3. The number of sulfonamides is 1. The lowest BCUT2D eigenvalue weighted by molar-refractivity contribution is -0.143. The molecule has 8 heteroatoms. The Kier molecular flexibility index (Phi) is 7.42. The van der Waals surface area contributed by atoms with Crippen LogP contribution in [0.3, 0.4) is 0 Å². The van der Waals surface area contributed by atoms with E-state index >= 15 is 0 Å². The summed E-state index contributed by atoms with van der Waals surface area (Å²) in [6.45, 7) is 3.85. The van der Waals surface area contributed by atoms with Gasteiger partial charge in [-0.2, -0.15) is 0 Å². The van der Waals surface area contributed by atoms with Crippen LogP contribution in [-0.2, 0) is 19.6 Å². The van der Waals surface area contributed by atoms with Crippen LogP contribution in [0.15, 0.2) is 47.4 Å². The Morgan fingerprint density at radius 2 is 1.68 bits per heavy atom. The van der Waals surface area contributed by atoms with Crippen molar-refractivity contribution in [3.8, 4) is 11.5 Å². The predicted octanol–water partition coefficient (Wildman–Crippen LogP) is 2.99. The number of carbonyl (C=O) groups excluding carboxylic acids is 1. The van der Waals surface area contributed by atoms with Crippen LogP contribution < -0.4 is 14.2 Å². The Morgan fingerprint density at radius 1 is 1.04 bits per heavy atom. The largest absolute Gasteiger partial charge is 0.493 e. The van der Waals surface area contributed by atoms with Crippen LogP contribution in [0.2, 0.25) is 0 Å². The Morgan fingerprint density at radius 3 is 2.25 bits per heavy atom. The molecule has 2 rings (SSSR count). The van der Waals surface area contributed by atoms with Crippen molar-refractivity contribution in [3.05, 3.63) is 53.6 Å². The van der Waals surface area contributed by atoms with Crippen LogP contribution in [0.25, 0.3) is 0 Å². The number of hydrogen-bond donors (Lipinski definition) is 1. The fourth-order valence-electron chi connectivity index (χ4n) is 2.65. The quantitative estimate of drug-likeness (QED) is 0.643. The summed E-state index contributed by atoms with van der Waals surface area (Å²) in [4.78, 5) is 12.0. The van der Waals surface area contributed by atoms with Gasteiger partial charge in [-0.05, 0) is 31.5 Å². The van der Waals surface area contributed by atoms with Gasteiger partial charge in [0.2, 0.25) is 10.0 Å². The molecule has 0 aliphatic rings. The van der Waals surface area contributed by atoms with Crippen molar-refractivity contribution in [2.24, 2.45) is 0 Å². The molecule has 0 amide bonds. The maximum Gasteiger partial charge on any atom is 0.307 e. The molecule has 0 fully saturated rings. The van der Waals surface area contributed by atoms with Crippen LogP contribution in [0.1, 0.15) is 30.5 Å². The second-order valence-corrected chi connectivity index (χ2v) is 7.82. The minimum absolute atomic E-state index is 0.00567. The van der Waals surface area contributed by atoms with E-state index in [1.165, 1.54) is 32.4 Å². The van der Waals surface area contributed by atoms with E-state index in [4.69, 9.17) is 14.2 Å². The van der Waals surface area contributed by atoms with Crippen molar-refractivity contribution in [1.29, 1.82) is 0 Å². The topological polar surface area (TPSA) is 90.9 Å². The van der Waals surface area contributed by atoms with Crippen molar-refractivity contribution < 1.29 is 27.4 Å². The summed E-state index contributed by atoms with van der Waals surface area (Å²) in [6.07, 6.45) is -0.122. The minimum Gasteiger partial charge on any atom is -0.493 e. The number of aryl methyl sites for hydroxylation is 1. The highest BCUT2D eigenvalue weighted by atomic mass is 32.2. The summed E-state index contributed by atoms with van der Waals surface area (Å²) in [5.74, 6) is 0.230. The number of carbonyl (C=O) groups is 1. The Bertz CT molecular complexity index is 909. The van der Waals surface area contributed by atoms with Crippen molar-refractivity contribution in [3.63, 3.8) is 0 Å². The predicted molar refractivity (Wildman–Crippen MR) is 105 cm³/mol. The fourth-order valence-corrected chi connectivity index (χ4v) is 3.89. The van der Waals surface area contributed by atoms with Gasteiger partial charge in [0.25, 0.3) is 0 Å². The Balaban J connectivity index is 2.35. The first-order chi connectivity index (χ1) is 13.3. The van der Waals surface area contributed by atoms with Crippen molar-refractivity contribution >= 4 is 16.0 Å². The zero-order chi connectivity index (χ0) is 20.7. The van der Waals surface area contributed by atoms with Gasteiger partial charge in [-0.1, -0.05) is 29.8 Å². The third kappa shape index (κ3) is 5.46. The van der Waals surface area contributed by atoms with Crippen LogP contribution in [0.4, 0.5) is 0 Å². The average Bonchev–Trinajstić information content (AvgIpc) is 2.67. The maximum atomic E-state index is 12.9. The lowest BCUT2D eigenvalue weighted by atomic mass is 10.0. The number of nitrogens with one attached hydrogen (secondary N) is 1. The SMILES string of the molecule is CCOC(=O)CC(NS(=O)(=O)c1ccc(OC)c(OC)c1)c1ccc(C)cc1. The summed E-state index contributed by atoms with van der Waals surface area (Å²) < 4.78 is 43.8. The van der Waals surface area contributed by atoms with E-state index in [-0.39, 0.29) is 17.9 Å². The normalized spacial score (nSPS) is 12.3. The second-order valence-electron chi connectivity index (χ2n) is 6.11. The molecule has 0 saturated carbocycles. The van der Waals surface area contributed by atoms with E-state index in [1.807, 2.05) is 19.1 Å². The van der Waals surface area contributed by atoms with Gasteiger partial charge in [0.15, 0.2) is 11.5 Å². The molecule has 2 aromatic carbocycles. The second kappa shape index (κ2) is 9.57. The molecule has 1 atom stereocenters. The molecule has 0 saturated heterocycles. The molecule has 0 spiro atoms. The first-order valence-corrected chi connectivity index (χ1v) is 10.3. The zero-order valence-electron chi connectivity index (χ0n) is 16.4. The van der Waals surface area contributed by atoms with Crippen LogP contribution in [0, 0.1) is 6.92 Å². The van der Waals surface area contributed by atoms with Gasteiger partial charge >= 0.3 is 5.97 Å². The number of methoxy groups -OCH3 is 2. The molecule has 1 N–H and O–H groups in total. The molecule has 0 aliphatic carbocycles. The van der Waals surface area contributed by atoms with Crippen molar-refractivity contribution in [2.45, 2.75) is 31.2 Å². The van der Waals surface area contributed by atoms with E-state index in [1.54, 1.807) is 19.1 Å². The first kappa shape index (κ1) is 21.7. The minimum atomic E-state index is -3.93. The van der Waals surface area contributed by atoms with Crippen molar-refractivity contribution in [1.82, 2.24) is 4.72 Å². The highest BCUT2D eigenvalue weighted by Crippen LogP contribution is 2.30. The molecular weight excluding hydrogens is 382 g/mol. The third-order valence-electron chi connectivity index (χ3n) is 4.12. The number of rotatable bonds is 9. The summed E-state index contributed by atoms with van der Waals surface area (Å²) in [5.41, 5.74) is 1.70. The van der Waals surface area contributed by atoms with Gasteiger partial charge in [-0.3, -0.25) is 4.79 Å². The molecule has 2 aromatic rings. The molecule has 0 aromatic heterocycles. The lowest BCUT2D eigenvalue weighted by Crippen LogP contribution is -2.30. The molecule has 0 bridgehead atoms. The fraction of sp³-hybridized carbons (Fsp3) is 0.350. The highest BCUT2D eigenvalue weighted by Gasteiger charge is 2.25. The van der Waals surface area contributed by atoms with Gasteiger partial charge in [0, 0.05) is 6.07 Å². The first-order valence-electron chi connectivity index (χ1n) is 8.77.